The van der Waals surface area contributed by atoms with Crippen molar-refractivity contribution in [3.05, 3.63) is 29.8 Å². The molecule has 3 heteroatoms. The molecule has 3 nitrogen and oxygen atoms in total. The fraction of sp³-hybridized carbons (Fsp3) is 0.533. The summed E-state index contributed by atoms with van der Waals surface area (Å²) in [7, 11) is 0. The molecule has 0 spiro atoms. The molecule has 18 heavy (non-hydrogen) atoms. The lowest BCUT2D eigenvalue weighted by atomic mass is 10.1. The SMILES string of the molecule is CC(C)CN1CCN(c2ccccc2C#N)CC1. The van der Waals surface area contributed by atoms with Crippen LogP contribution in [-0.4, -0.2) is 37.6 Å². The molecule has 0 aromatic heterocycles. The van der Waals surface area contributed by atoms with Crippen molar-refractivity contribution in [3.63, 3.8) is 0 Å². The summed E-state index contributed by atoms with van der Waals surface area (Å²) < 4.78 is 0. The molecule has 0 amide bonds. The smallest absolute Gasteiger partial charge is 0.101 e. The van der Waals surface area contributed by atoms with Crippen molar-refractivity contribution < 1.29 is 0 Å². The third-order valence-electron chi connectivity index (χ3n) is 3.36. The number of hydrogen-bond acceptors (Lipinski definition) is 3. The van der Waals surface area contributed by atoms with E-state index in [4.69, 9.17) is 5.26 Å². The number of piperazine rings is 1. The van der Waals surface area contributed by atoms with Crippen LogP contribution in [-0.2, 0) is 0 Å². The molecule has 0 radical (unpaired) electrons. The van der Waals surface area contributed by atoms with Crippen molar-refractivity contribution in [2.75, 3.05) is 37.6 Å². The van der Waals surface area contributed by atoms with Gasteiger partial charge in [0, 0.05) is 32.7 Å². The van der Waals surface area contributed by atoms with E-state index in [0.717, 1.165) is 43.3 Å². The average Bonchev–Trinajstić information content (AvgIpc) is 2.39. The molecule has 1 saturated heterocycles. The minimum absolute atomic E-state index is 0.725. The molecule has 0 bridgehead atoms. The van der Waals surface area contributed by atoms with Crippen molar-refractivity contribution in [2.45, 2.75) is 13.8 Å². The van der Waals surface area contributed by atoms with Gasteiger partial charge < -0.3 is 4.90 Å². The Morgan fingerprint density at radius 1 is 1.17 bits per heavy atom. The summed E-state index contributed by atoms with van der Waals surface area (Å²) in [5, 5.41) is 9.13. The van der Waals surface area contributed by atoms with Crippen LogP contribution in [0.4, 0.5) is 5.69 Å². The van der Waals surface area contributed by atoms with Gasteiger partial charge in [0.05, 0.1) is 11.3 Å². The second-order valence-electron chi connectivity index (χ2n) is 5.31. The summed E-state index contributed by atoms with van der Waals surface area (Å²) >= 11 is 0. The first-order valence-electron chi connectivity index (χ1n) is 6.67. The molecule has 1 aromatic rings. The first kappa shape index (κ1) is 12.9. The van der Waals surface area contributed by atoms with Crippen LogP contribution in [0, 0.1) is 17.2 Å². The molecule has 1 aromatic carbocycles. The van der Waals surface area contributed by atoms with Crippen LogP contribution < -0.4 is 4.90 Å². The number of anilines is 1. The molecule has 2 rings (SSSR count). The maximum Gasteiger partial charge on any atom is 0.101 e. The highest BCUT2D eigenvalue weighted by atomic mass is 15.3. The van der Waals surface area contributed by atoms with E-state index in [2.05, 4.69) is 35.8 Å². The zero-order valence-corrected chi connectivity index (χ0v) is 11.3. The van der Waals surface area contributed by atoms with Crippen molar-refractivity contribution in [1.82, 2.24) is 4.90 Å². The maximum atomic E-state index is 9.13. The number of nitriles is 1. The first-order chi connectivity index (χ1) is 8.70. The van der Waals surface area contributed by atoms with Gasteiger partial charge in [0.1, 0.15) is 6.07 Å². The topological polar surface area (TPSA) is 30.3 Å². The van der Waals surface area contributed by atoms with Crippen LogP contribution in [0.25, 0.3) is 0 Å². The van der Waals surface area contributed by atoms with Crippen molar-refractivity contribution >= 4 is 5.69 Å². The molecule has 0 aliphatic carbocycles. The molecular weight excluding hydrogens is 222 g/mol. The second kappa shape index (κ2) is 5.88. The lowest BCUT2D eigenvalue weighted by molar-refractivity contribution is 0.231. The molecule has 1 heterocycles. The molecule has 0 atom stereocenters. The molecule has 1 aliphatic heterocycles. The van der Waals surface area contributed by atoms with Gasteiger partial charge in [0.25, 0.3) is 0 Å². The van der Waals surface area contributed by atoms with Gasteiger partial charge in [0.2, 0.25) is 0 Å². The zero-order chi connectivity index (χ0) is 13.0. The number of nitrogens with zero attached hydrogens (tertiary/aromatic N) is 3. The van der Waals surface area contributed by atoms with Crippen LogP contribution in [0.15, 0.2) is 24.3 Å². The van der Waals surface area contributed by atoms with Crippen LogP contribution >= 0.6 is 0 Å². The number of rotatable bonds is 3. The van der Waals surface area contributed by atoms with Crippen LogP contribution in [0.1, 0.15) is 19.4 Å². The normalized spacial score (nSPS) is 16.9. The van der Waals surface area contributed by atoms with Crippen LogP contribution in [0.2, 0.25) is 0 Å². The highest BCUT2D eigenvalue weighted by molar-refractivity contribution is 5.59. The summed E-state index contributed by atoms with van der Waals surface area (Å²) in [5.41, 5.74) is 1.87. The lowest BCUT2D eigenvalue weighted by Crippen LogP contribution is -2.47. The lowest BCUT2D eigenvalue weighted by Gasteiger charge is -2.37. The first-order valence-corrected chi connectivity index (χ1v) is 6.67. The number of benzene rings is 1. The van der Waals surface area contributed by atoms with Gasteiger partial charge in [-0.1, -0.05) is 26.0 Å². The summed E-state index contributed by atoms with van der Waals surface area (Å²) in [6.45, 7) is 9.93. The van der Waals surface area contributed by atoms with Gasteiger partial charge in [-0.2, -0.15) is 5.26 Å². The molecule has 1 aliphatic rings. The third-order valence-corrected chi connectivity index (χ3v) is 3.36. The highest BCUT2D eigenvalue weighted by Crippen LogP contribution is 2.21. The molecule has 0 unspecified atom stereocenters. The quantitative estimate of drug-likeness (QED) is 0.816. The Labute approximate surface area is 110 Å². The zero-order valence-electron chi connectivity index (χ0n) is 11.3. The summed E-state index contributed by atoms with van der Waals surface area (Å²) in [6.07, 6.45) is 0. The molecule has 96 valence electrons. The van der Waals surface area contributed by atoms with E-state index in [1.54, 1.807) is 0 Å². The number of hydrogen-bond donors (Lipinski definition) is 0. The Morgan fingerprint density at radius 3 is 2.44 bits per heavy atom. The van der Waals surface area contributed by atoms with Crippen LogP contribution in [0.3, 0.4) is 0 Å². The molecule has 1 fully saturated rings. The molecular formula is C15H21N3. The summed E-state index contributed by atoms with van der Waals surface area (Å²) in [4.78, 5) is 4.84. The Hall–Kier alpha value is -1.53. The van der Waals surface area contributed by atoms with Gasteiger partial charge in [-0.3, -0.25) is 4.90 Å². The van der Waals surface area contributed by atoms with E-state index in [1.165, 1.54) is 6.54 Å². The fourth-order valence-corrected chi connectivity index (χ4v) is 2.53. The van der Waals surface area contributed by atoms with Gasteiger partial charge in [-0.15, -0.1) is 0 Å². The van der Waals surface area contributed by atoms with Gasteiger partial charge in [-0.25, -0.2) is 0 Å². The third kappa shape index (κ3) is 3.02. The molecule has 0 N–H and O–H groups in total. The second-order valence-corrected chi connectivity index (χ2v) is 5.31. The van der Waals surface area contributed by atoms with E-state index in [0.29, 0.717) is 0 Å². The molecule has 0 saturated carbocycles. The fourth-order valence-electron chi connectivity index (χ4n) is 2.53. The highest BCUT2D eigenvalue weighted by Gasteiger charge is 2.19. The van der Waals surface area contributed by atoms with Crippen molar-refractivity contribution in [1.29, 1.82) is 5.26 Å². The van der Waals surface area contributed by atoms with E-state index in [9.17, 15) is 0 Å². The average molecular weight is 243 g/mol. The van der Waals surface area contributed by atoms with Gasteiger partial charge >= 0.3 is 0 Å². The van der Waals surface area contributed by atoms with E-state index in [-0.39, 0.29) is 0 Å². The van der Waals surface area contributed by atoms with E-state index in [1.807, 2.05) is 18.2 Å². The van der Waals surface area contributed by atoms with E-state index < -0.39 is 0 Å². The van der Waals surface area contributed by atoms with Gasteiger partial charge in [0.15, 0.2) is 0 Å². The Bertz CT molecular complexity index is 426. The Kier molecular flexibility index (Phi) is 4.22. The Balaban J connectivity index is 1.99. The largest absolute Gasteiger partial charge is 0.368 e. The standard InChI is InChI=1S/C15H21N3/c1-13(2)12-17-7-9-18(10-8-17)15-6-4-3-5-14(15)11-16/h3-6,13H,7-10,12H2,1-2H3. The van der Waals surface area contributed by atoms with Gasteiger partial charge in [-0.05, 0) is 18.1 Å². The monoisotopic (exact) mass is 243 g/mol. The minimum Gasteiger partial charge on any atom is -0.368 e. The maximum absolute atomic E-state index is 9.13. The van der Waals surface area contributed by atoms with Crippen molar-refractivity contribution in [3.8, 4) is 6.07 Å². The predicted molar refractivity (Wildman–Crippen MR) is 74.6 cm³/mol. The minimum atomic E-state index is 0.725. The predicted octanol–water partition coefficient (Wildman–Crippen LogP) is 2.34. The summed E-state index contributed by atoms with van der Waals surface area (Å²) in [5.74, 6) is 0.725. The van der Waals surface area contributed by atoms with Crippen molar-refractivity contribution in [2.24, 2.45) is 5.92 Å². The Morgan fingerprint density at radius 2 is 1.83 bits per heavy atom. The number of para-hydroxylation sites is 1. The van der Waals surface area contributed by atoms with E-state index >= 15 is 0 Å². The van der Waals surface area contributed by atoms with Crippen LogP contribution in [0.5, 0.6) is 0 Å². The summed E-state index contributed by atoms with van der Waals surface area (Å²) in [6, 6.07) is 10.2.